The summed E-state index contributed by atoms with van der Waals surface area (Å²) < 4.78 is 31.2. The van der Waals surface area contributed by atoms with Crippen molar-refractivity contribution in [2.75, 3.05) is 25.4 Å². The molecule has 34 heavy (non-hydrogen) atoms. The number of rotatable bonds is 6. The molecule has 186 valence electrons. The first-order valence-electron chi connectivity index (χ1n) is 12.3. The lowest BCUT2D eigenvalue weighted by atomic mass is 9.81. The maximum absolute atomic E-state index is 12.3. The Morgan fingerprint density at radius 1 is 1.15 bits per heavy atom. The molecule has 0 unspecified atom stereocenters. The predicted octanol–water partition coefficient (Wildman–Crippen LogP) is 4.25. The molecule has 2 aliphatic rings. The van der Waals surface area contributed by atoms with Crippen molar-refractivity contribution in [3.63, 3.8) is 0 Å². The van der Waals surface area contributed by atoms with Crippen molar-refractivity contribution in [1.82, 2.24) is 9.88 Å². The molecule has 7 heteroatoms. The van der Waals surface area contributed by atoms with Gasteiger partial charge in [-0.3, -0.25) is 9.88 Å². The monoisotopic (exact) mass is 486 g/mol. The maximum Gasteiger partial charge on any atom is 0.154 e. The van der Waals surface area contributed by atoms with Gasteiger partial charge < -0.3 is 9.84 Å². The molecular weight excluding hydrogens is 448 g/mol. The van der Waals surface area contributed by atoms with E-state index < -0.39 is 9.84 Å². The quantitative estimate of drug-likeness (QED) is 0.658. The van der Waals surface area contributed by atoms with E-state index in [1.54, 1.807) is 13.1 Å². The van der Waals surface area contributed by atoms with Gasteiger partial charge in [0.25, 0.3) is 0 Å². The molecule has 0 aliphatic carbocycles. The first kappa shape index (κ1) is 25.1. The van der Waals surface area contributed by atoms with Gasteiger partial charge in [0.15, 0.2) is 9.84 Å². The Morgan fingerprint density at radius 2 is 1.88 bits per heavy atom. The van der Waals surface area contributed by atoms with Crippen LogP contribution in [0.1, 0.15) is 58.1 Å². The first-order valence-corrected chi connectivity index (χ1v) is 14.1. The number of aryl methyl sites for hydroxylation is 1. The van der Waals surface area contributed by atoms with Crippen molar-refractivity contribution in [2.45, 2.75) is 70.3 Å². The molecule has 1 aromatic heterocycles. The average molecular weight is 487 g/mol. The number of fused-ring (bicyclic) bond motifs is 1. The van der Waals surface area contributed by atoms with E-state index in [4.69, 9.17) is 9.84 Å². The summed E-state index contributed by atoms with van der Waals surface area (Å²) in [4.78, 5) is 7.09. The van der Waals surface area contributed by atoms with Gasteiger partial charge in [-0.25, -0.2) is 8.42 Å². The summed E-state index contributed by atoms with van der Waals surface area (Å²) in [7, 11) is -3.28. The maximum atomic E-state index is 12.3. The van der Waals surface area contributed by atoms with Gasteiger partial charge in [-0.15, -0.1) is 0 Å². The highest BCUT2D eigenvalue weighted by Crippen LogP contribution is 2.41. The smallest absolute Gasteiger partial charge is 0.154 e. The molecule has 2 aliphatic heterocycles. The summed E-state index contributed by atoms with van der Waals surface area (Å²) in [5.41, 5.74) is 3.88. The van der Waals surface area contributed by atoms with Crippen LogP contribution in [-0.4, -0.2) is 60.0 Å². The van der Waals surface area contributed by atoms with Gasteiger partial charge in [0, 0.05) is 37.0 Å². The normalized spacial score (nSPS) is 19.4. The SMILES string of the molecule is C[C@@H](CO)CS(=O)(=O)Cc1ccc(-c2ccc3c(c2)CCC2(CCN(C(C)(C)C)CC2)O3)nc1. The number of sulfone groups is 1. The number of piperidine rings is 1. The second-order valence-corrected chi connectivity index (χ2v) is 13.3. The van der Waals surface area contributed by atoms with Crippen molar-refractivity contribution >= 4 is 9.84 Å². The number of likely N-dealkylation sites (tertiary alicyclic amines) is 1. The average Bonchev–Trinajstić information content (AvgIpc) is 2.78. The standard InChI is InChI=1S/C27H38N2O4S/c1-20(17-30)18-34(31,32)19-21-5-7-24(28-16-21)22-6-8-25-23(15-22)9-10-27(33-25)11-13-29(14-12-27)26(2,3)4/h5-8,15-16,20,30H,9-14,17-19H2,1-4H3/t20-/m0/s1. The van der Waals surface area contributed by atoms with E-state index in [9.17, 15) is 8.42 Å². The Labute approximate surface area is 204 Å². The number of aliphatic hydroxyl groups is 1. The lowest BCUT2D eigenvalue weighted by Crippen LogP contribution is -2.54. The van der Waals surface area contributed by atoms with Gasteiger partial charge in [-0.2, -0.15) is 0 Å². The van der Waals surface area contributed by atoms with E-state index in [1.165, 1.54) is 5.56 Å². The molecule has 1 aromatic carbocycles. The third kappa shape index (κ3) is 5.81. The largest absolute Gasteiger partial charge is 0.487 e. The summed E-state index contributed by atoms with van der Waals surface area (Å²) >= 11 is 0. The fourth-order valence-corrected chi connectivity index (χ4v) is 6.87. The van der Waals surface area contributed by atoms with Crippen LogP contribution in [0.5, 0.6) is 5.75 Å². The highest BCUT2D eigenvalue weighted by atomic mass is 32.2. The van der Waals surface area contributed by atoms with Gasteiger partial charge in [0.05, 0.1) is 17.2 Å². The van der Waals surface area contributed by atoms with E-state index >= 15 is 0 Å². The summed E-state index contributed by atoms with van der Waals surface area (Å²) in [5, 5.41) is 9.14. The molecule has 6 nitrogen and oxygen atoms in total. The zero-order chi connectivity index (χ0) is 24.6. The van der Waals surface area contributed by atoms with E-state index in [1.807, 2.05) is 18.2 Å². The van der Waals surface area contributed by atoms with E-state index in [0.717, 1.165) is 55.8 Å². The Balaban J connectivity index is 1.42. The van der Waals surface area contributed by atoms with E-state index in [0.29, 0.717) is 5.56 Å². The lowest BCUT2D eigenvalue weighted by molar-refractivity contribution is -0.0355. The molecular formula is C27H38N2O4S. The minimum atomic E-state index is -3.28. The summed E-state index contributed by atoms with van der Waals surface area (Å²) in [6, 6.07) is 9.99. The minimum absolute atomic E-state index is 0.0220. The number of hydrogen-bond acceptors (Lipinski definition) is 6. The third-order valence-electron chi connectivity index (χ3n) is 7.22. The molecule has 1 spiro atoms. The minimum Gasteiger partial charge on any atom is -0.487 e. The number of pyridine rings is 1. The van der Waals surface area contributed by atoms with Gasteiger partial charge in [0.2, 0.25) is 0 Å². The van der Waals surface area contributed by atoms with Gasteiger partial charge in [0.1, 0.15) is 11.4 Å². The lowest BCUT2D eigenvalue weighted by Gasteiger charge is -2.48. The second-order valence-electron chi connectivity index (χ2n) is 11.2. The Bertz CT molecular complexity index is 1100. The molecule has 1 N–H and O–H groups in total. The highest BCUT2D eigenvalue weighted by molar-refractivity contribution is 7.90. The van der Waals surface area contributed by atoms with E-state index in [-0.39, 0.29) is 35.2 Å². The van der Waals surface area contributed by atoms with Gasteiger partial charge in [-0.05, 0) is 87.8 Å². The molecule has 0 bridgehead atoms. The van der Waals surface area contributed by atoms with Gasteiger partial charge >= 0.3 is 0 Å². The van der Waals surface area contributed by atoms with Crippen LogP contribution < -0.4 is 4.74 Å². The van der Waals surface area contributed by atoms with Crippen LogP contribution in [0, 0.1) is 5.92 Å². The Kier molecular flexibility index (Phi) is 7.09. The van der Waals surface area contributed by atoms with Crippen LogP contribution in [-0.2, 0) is 22.0 Å². The molecule has 1 atom stereocenters. The summed E-state index contributed by atoms with van der Waals surface area (Å²) in [5.74, 6) is 0.642. The Morgan fingerprint density at radius 3 is 2.50 bits per heavy atom. The summed E-state index contributed by atoms with van der Waals surface area (Å²) in [6.45, 7) is 10.6. The molecule has 0 amide bonds. The van der Waals surface area contributed by atoms with Crippen LogP contribution in [0.25, 0.3) is 11.3 Å². The second kappa shape index (κ2) is 9.59. The van der Waals surface area contributed by atoms with Crippen molar-refractivity contribution in [3.05, 3.63) is 47.7 Å². The zero-order valence-corrected chi connectivity index (χ0v) is 21.7. The van der Waals surface area contributed by atoms with Crippen molar-refractivity contribution < 1.29 is 18.3 Å². The van der Waals surface area contributed by atoms with Gasteiger partial charge in [-0.1, -0.05) is 13.0 Å². The fourth-order valence-electron chi connectivity index (χ4n) is 5.10. The fraction of sp³-hybridized carbons (Fsp3) is 0.593. The van der Waals surface area contributed by atoms with Crippen LogP contribution in [0.2, 0.25) is 0 Å². The molecule has 3 heterocycles. The van der Waals surface area contributed by atoms with Crippen LogP contribution in [0.4, 0.5) is 0 Å². The topological polar surface area (TPSA) is 79.7 Å². The molecule has 1 saturated heterocycles. The van der Waals surface area contributed by atoms with Crippen molar-refractivity contribution in [1.29, 1.82) is 0 Å². The predicted molar refractivity (Wildman–Crippen MR) is 136 cm³/mol. The number of aromatic nitrogens is 1. The van der Waals surface area contributed by atoms with Crippen molar-refractivity contribution in [3.8, 4) is 17.0 Å². The molecule has 4 rings (SSSR count). The molecule has 0 saturated carbocycles. The number of benzene rings is 1. The number of aliphatic hydroxyl groups excluding tert-OH is 1. The van der Waals surface area contributed by atoms with Crippen LogP contribution in [0.3, 0.4) is 0 Å². The number of hydrogen-bond donors (Lipinski definition) is 1. The molecule has 0 radical (unpaired) electrons. The third-order valence-corrected chi connectivity index (χ3v) is 9.07. The number of ether oxygens (including phenoxy) is 1. The van der Waals surface area contributed by atoms with Crippen molar-refractivity contribution in [2.24, 2.45) is 5.92 Å². The first-order chi connectivity index (χ1) is 16.0. The van der Waals surface area contributed by atoms with Crippen LogP contribution >= 0.6 is 0 Å². The Hall–Kier alpha value is -1.96. The number of nitrogens with zero attached hydrogens (tertiary/aromatic N) is 2. The summed E-state index contributed by atoms with van der Waals surface area (Å²) in [6.07, 6.45) is 5.81. The molecule has 2 aromatic rings. The molecule has 1 fully saturated rings. The zero-order valence-electron chi connectivity index (χ0n) is 20.9. The highest BCUT2D eigenvalue weighted by Gasteiger charge is 2.41. The van der Waals surface area contributed by atoms with E-state index in [2.05, 4.69) is 42.8 Å². The van der Waals surface area contributed by atoms with Crippen LogP contribution in [0.15, 0.2) is 36.5 Å².